The maximum Gasteiger partial charge on any atom is 0.439 e. The Labute approximate surface area is 411 Å². The molecule has 3 N–H and O–H groups in total. The lowest BCUT2D eigenvalue weighted by Gasteiger charge is -2.28. The highest BCUT2D eigenvalue weighted by atomic mass is 32.1. The summed E-state index contributed by atoms with van der Waals surface area (Å²) in [6.45, 7) is 0.514. The molecular weight excluding hydrogens is 1050 g/mol. The van der Waals surface area contributed by atoms with E-state index >= 15 is 0 Å². The molecule has 0 spiro atoms. The fourth-order valence-corrected chi connectivity index (χ4v) is 9.99. The number of benzene rings is 2. The molecule has 2 fully saturated rings. The third-order valence-corrected chi connectivity index (χ3v) is 14.1. The molecule has 2 aromatic carbocycles. The van der Waals surface area contributed by atoms with E-state index in [4.69, 9.17) is 19.3 Å². The third kappa shape index (κ3) is 16.3. The molecule has 29 heteroatoms. The highest BCUT2D eigenvalue weighted by molar-refractivity contribution is 7.12. The van der Waals surface area contributed by atoms with E-state index in [1.807, 2.05) is 6.92 Å². The smallest absolute Gasteiger partial charge is 0.439 e. The molecule has 6 aromatic rings. The molecule has 0 unspecified atom stereocenters. The van der Waals surface area contributed by atoms with E-state index in [9.17, 15) is 66.7 Å². The Balaban J connectivity index is 0.000000216. The Kier molecular flexibility index (Phi) is 18.1. The lowest BCUT2D eigenvalue weighted by atomic mass is 9.82. The van der Waals surface area contributed by atoms with Crippen LogP contribution in [0.2, 0.25) is 0 Å². The molecule has 0 saturated heterocycles. The number of aryl methyl sites for hydroxylation is 2. The average molecular weight is 1090 g/mol. The number of halogens is 13. The maximum absolute atomic E-state index is 14.3. The SMILES string of the molecule is Cc1nc(C2CCC(C(F)(F)F)CC2)sc1COc1ccc(-c2noc(=O)[nH]2)c(F)c1.Cc1nc(C2CCC(C(F)(F)F)CC2)sc1COc1ccc(-c2noc(=O)[nH]2)c(OCC(F)(F)F)c1.OCC(F)(F)F. The van der Waals surface area contributed by atoms with E-state index in [2.05, 4.69) is 39.3 Å². The molecule has 8 rings (SSSR count). The monoisotopic (exact) mass is 1090 g/mol. The zero-order valence-corrected chi connectivity index (χ0v) is 39.7. The van der Waals surface area contributed by atoms with Gasteiger partial charge in [0.25, 0.3) is 0 Å². The minimum Gasteiger partial charge on any atom is -0.488 e. The third-order valence-electron chi connectivity index (χ3n) is 11.5. The number of alkyl halides is 12. The number of rotatable bonds is 12. The lowest BCUT2D eigenvalue weighted by Crippen LogP contribution is -2.27. The highest BCUT2D eigenvalue weighted by Crippen LogP contribution is 2.46. The van der Waals surface area contributed by atoms with Gasteiger partial charge in [-0.2, -0.15) is 52.7 Å². The first-order chi connectivity index (χ1) is 34.2. The Bertz CT molecular complexity index is 2850. The van der Waals surface area contributed by atoms with Gasteiger partial charge in [0.1, 0.15) is 42.9 Å². The van der Waals surface area contributed by atoms with Crippen molar-refractivity contribution >= 4 is 22.7 Å². The van der Waals surface area contributed by atoms with Crippen molar-refractivity contribution < 1.29 is 85.4 Å². The Morgan fingerprint density at radius 3 is 1.40 bits per heavy atom. The van der Waals surface area contributed by atoms with Gasteiger partial charge in [-0.05, 0) is 89.5 Å². The zero-order chi connectivity index (χ0) is 53.5. The van der Waals surface area contributed by atoms with E-state index in [0.717, 1.165) is 25.5 Å². The molecule has 0 atom stereocenters. The number of aliphatic hydroxyl groups is 1. The van der Waals surface area contributed by atoms with Crippen LogP contribution in [-0.2, 0) is 13.2 Å². The maximum atomic E-state index is 14.3. The summed E-state index contributed by atoms with van der Waals surface area (Å²) >= 11 is 2.78. The number of hydrogen-bond acceptors (Lipinski definition) is 14. The van der Waals surface area contributed by atoms with Crippen LogP contribution in [-0.4, -0.2) is 73.3 Å². The second-order valence-electron chi connectivity index (χ2n) is 16.7. The van der Waals surface area contributed by atoms with Crippen molar-refractivity contribution in [1.29, 1.82) is 0 Å². The normalized spacial score (nSPS) is 18.6. The Morgan fingerprint density at radius 1 is 0.616 bits per heavy atom. The number of aromatic nitrogens is 6. The van der Waals surface area contributed by atoms with Crippen LogP contribution in [0.25, 0.3) is 22.8 Å². The van der Waals surface area contributed by atoms with Crippen LogP contribution in [0.3, 0.4) is 0 Å². The van der Waals surface area contributed by atoms with Crippen LogP contribution < -0.4 is 25.7 Å². The topological polar surface area (TPSA) is 191 Å². The molecule has 2 aliphatic carbocycles. The van der Waals surface area contributed by atoms with E-state index in [1.54, 1.807) is 13.0 Å². The fourth-order valence-electron chi connectivity index (χ4n) is 7.69. The van der Waals surface area contributed by atoms with E-state index in [1.165, 1.54) is 53.0 Å². The zero-order valence-electron chi connectivity index (χ0n) is 38.1. The summed E-state index contributed by atoms with van der Waals surface area (Å²) in [5, 5.41) is 15.8. The minimum absolute atomic E-state index is 0.0164. The van der Waals surface area contributed by atoms with Crippen LogP contribution >= 0.6 is 22.7 Å². The van der Waals surface area contributed by atoms with Gasteiger partial charge < -0.3 is 19.3 Å². The van der Waals surface area contributed by atoms with Crippen molar-refractivity contribution in [3.8, 4) is 40.0 Å². The molecule has 73 heavy (non-hydrogen) atoms. The van der Waals surface area contributed by atoms with Gasteiger partial charge in [-0.15, -0.1) is 22.7 Å². The average Bonchev–Trinajstić information content (AvgIpc) is 4.13. The molecule has 400 valence electrons. The van der Waals surface area contributed by atoms with Crippen molar-refractivity contribution in [2.75, 3.05) is 13.2 Å². The Morgan fingerprint density at radius 2 is 1.03 bits per heavy atom. The number of H-pyrrole nitrogens is 2. The van der Waals surface area contributed by atoms with Crippen LogP contribution in [0.4, 0.5) is 57.1 Å². The first-order valence-electron chi connectivity index (χ1n) is 21.9. The molecular formula is C44H43F13N6O8S2. The van der Waals surface area contributed by atoms with E-state index in [0.29, 0.717) is 31.4 Å². The van der Waals surface area contributed by atoms with Crippen LogP contribution in [0.1, 0.15) is 94.4 Å². The molecule has 0 aliphatic heterocycles. The second-order valence-corrected chi connectivity index (χ2v) is 19.0. The number of nitrogens with zero attached hydrogens (tertiary/aromatic N) is 4. The molecule has 0 amide bonds. The second kappa shape index (κ2) is 23.5. The van der Waals surface area contributed by atoms with Gasteiger partial charge in [0, 0.05) is 24.0 Å². The molecule has 2 aliphatic rings. The van der Waals surface area contributed by atoms with Crippen LogP contribution in [0.15, 0.2) is 55.0 Å². The van der Waals surface area contributed by atoms with Crippen LogP contribution in [0.5, 0.6) is 17.2 Å². The lowest BCUT2D eigenvalue weighted by molar-refractivity contribution is -0.183. The van der Waals surface area contributed by atoms with Crippen molar-refractivity contribution in [2.24, 2.45) is 11.8 Å². The van der Waals surface area contributed by atoms with Gasteiger partial charge in [-0.3, -0.25) is 19.0 Å². The quantitative estimate of drug-likeness (QED) is 0.0984. The van der Waals surface area contributed by atoms with Crippen molar-refractivity contribution in [3.63, 3.8) is 0 Å². The number of ether oxygens (including phenoxy) is 3. The first kappa shape index (κ1) is 56.3. The van der Waals surface area contributed by atoms with Crippen molar-refractivity contribution in [3.05, 3.63) is 94.5 Å². The van der Waals surface area contributed by atoms with E-state index < -0.39 is 67.1 Å². The predicted octanol–water partition coefficient (Wildman–Crippen LogP) is 12.0. The summed E-state index contributed by atoms with van der Waals surface area (Å²) in [4.78, 5) is 37.5. The van der Waals surface area contributed by atoms with Crippen molar-refractivity contribution in [2.45, 2.75) is 115 Å². The molecule has 4 aromatic heterocycles. The first-order valence-corrected chi connectivity index (χ1v) is 23.5. The van der Waals surface area contributed by atoms with Gasteiger partial charge in [-0.1, -0.05) is 10.3 Å². The molecule has 14 nitrogen and oxygen atoms in total. The standard InChI is InChI=1S/C22H21F6N3O4S.C20H19F4N3O3S.C2H3F3O/c1-11-17(36-19(29-11)12-2-4-13(5-3-12)22(26,27)28)9-33-14-6-7-15(18-30-20(32)35-31-18)16(8-14)34-10-21(23,24)25;1-10-16(31-18(25-10)11-2-4-12(5-3-11)20(22,23)24)9-29-13-6-7-14(15(21)8-13)17-26-19(28)30-27-17;3-2(4,5)1-6/h6-8,12-13H,2-5,9-10H2,1H3,(H,30,31,32);6-8,11-12H,2-5,9H2,1H3,(H,26,27,28);6H,1H2. The Hall–Kier alpha value is -5.97. The van der Waals surface area contributed by atoms with Crippen LogP contribution in [0, 0.1) is 31.5 Å². The molecule has 0 bridgehead atoms. The summed E-state index contributed by atoms with van der Waals surface area (Å²) < 4.78 is 187. The summed E-state index contributed by atoms with van der Waals surface area (Å²) in [6, 6.07) is 8.22. The fraction of sp³-hybridized carbons (Fsp3) is 0.500. The van der Waals surface area contributed by atoms with Gasteiger partial charge in [-0.25, -0.2) is 23.9 Å². The summed E-state index contributed by atoms with van der Waals surface area (Å²) in [5.41, 5.74) is 1.58. The molecule has 2 saturated carbocycles. The molecule has 4 heterocycles. The minimum atomic E-state index is -4.60. The van der Waals surface area contributed by atoms with Gasteiger partial charge in [0.05, 0.1) is 54.1 Å². The molecule has 0 radical (unpaired) electrons. The number of aliphatic hydroxyl groups excluding tert-OH is 1. The summed E-state index contributed by atoms with van der Waals surface area (Å²) in [7, 11) is 0. The number of nitrogens with one attached hydrogen (secondary N) is 2. The highest BCUT2D eigenvalue weighted by Gasteiger charge is 2.43. The van der Waals surface area contributed by atoms with Crippen molar-refractivity contribution in [1.82, 2.24) is 30.2 Å². The summed E-state index contributed by atoms with van der Waals surface area (Å²) in [6.07, 6.45) is -15.2. The number of aromatic amines is 2. The number of thiazole rings is 2. The van der Waals surface area contributed by atoms with E-state index in [-0.39, 0.29) is 90.8 Å². The van der Waals surface area contributed by atoms with Gasteiger partial charge in [0.2, 0.25) is 0 Å². The van der Waals surface area contributed by atoms with Gasteiger partial charge in [0.15, 0.2) is 18.3 Å². The summed E-state index contributed by atoms with van der Waals surface area (Å²) in [5.74, 6) is -4.68. The predicted molar refractivity (Wildman–Crippen MR) is 234 cm³/mol. The largest absolute Gasteiger partial charge is 0.488 e. The number of hydrogen-bond donors (Lipinski definition) is 3. The van der Waals surface area contributed by atoms with Gasteiger partial charge >= 0.3 is 36.2 Å².